The average Bonchev–Trinajstić information content (AvgIpc) is 3.08. The van der Waals surface area contributed by atoms with Crippen molar-refractivity contribution < 1.29 is 9.18 Å². The second-order valence-electron chi connectivity index (χ2n) is 6.22. The van der Waals surface area contributed by atoms with E-state index in [9.17, 15) is 9.18 Å². The van der Waals surface area contributed by atoms with Gasteiger partial charge in [-0.25, -0.2) is 9.07 Å². The molecule has 4 rings (SSSR count). The summed E-state index contributed by atoms with van der Waals surface area (Å²) in [7, 11) is 0. The number of fused-ring (bicyclic) bond motifs is 1. The molecule has 0 N–H and O–H groups in total. The van der Waals surface area contributed by atoms with Crippen molar-refractivity contribution in [3.8, 4) is 5.69 Å². The van der Waals surface area contributed by atoms with Gasteiger partial charge in [0.25, 0.3) is 0 Å². The zero-order valence-corrected chi connectivity index (χ0v) is 14.6. The predicted octanol–water partition coefficient (Wildman–Crippen LogP) is 4.76. The number of hydrogen-bond acceptors (Lipinski definition) is 3. The van der Waals surface area contributed by atoms with Gasteiger partial charge in [0.05, 0.1) is 11.4 Å². The summed E-state index contributed by atoms with van der Waals surface area (Å²) in [4.78, 5) is 12.5. The maximum Gasteiger partial charge on any atom is 0.208 e. The van der Waals surface area contributed by atoms with E-state index in [0.29, 0.717) is 11.4 Å². The van der Waals surface area contributed by atoms with Crippen molar-refractivity contribution in [3.05, 3.63) is 95.6 Å². The summed E-state index contributed by atoms with van der Waals surface area (Å²) in [5.41, 5.74) is 2.47. The van der Waals surface area contributed by atoms with Crippen LogP contribution in [0.25, 0.3) is 22.5 Å². The Morgan fingerprint density at radius 3 is 2.52 bits per heavy atom. The molecule has 3 aromatic carbocycles. The van der Waals surface area contributed by atoms with Crippen molar-refractivity contribution in [2.24, 2.45) is 0 Å². The number of allylic oxidation sites excluding steroid dienone is 1. The highest BCUT2D eigenvalue weighted by Crippen LogP contribution is 2.17. The van der Waals surface area contributed by atoms with Gasteiger partial charge in [0.2, 0.25) is 5.78 Å². The van der Waals surface area contributed by atoms with E-state index in [4.69, 9.17) is 0 Å². The van der Waals surface area contributed by atoms with Crippen LogP contribution in [0.4, 0.5) is 4.39 Å². The summed E-state index contributed by atoms with van der Waals surface area (Å²) in [6.07, 6.45) is 3.27. The Labute approximate surface area is 155 Å². The van der Waals surface area contributed by atoms with Crippen LogP contribution in [0.1, 0.15) is 21.7 Å². The van der Waals surface area contributed by atoms with E-state index in [0.717, 1.165) is 16.3 Å². The van der Waals surface area contributed by atoms with E-state index in [-0.39, 0.29) is 17.3 Å². The molecule has 0 saturated heterocycles. The van der Waals surface area contributed by atoms with Crippen LogP contribution in [0.3, 0.4) is 0 Å². The highest BCUT2D eigenvalue weighted by molar-refractivity contribution is 6.06. The molecule has 4 nitrogen and oxygen atoms in total. The molecule has 27 heavy (non-hydrogen) atoms. The Bertz CT molecular complexity index is 1160. The van der Waals surface area contributed by atoms with Crippen LogP contribution < -0.4 is 0 Å². The summed E-state index contributed by atoms with van der Waals surface area (Å²) in [6.45, 7) is 1.76. The molecule has 0 atom stereocenters. The fourth-order valence-corrected chi connectivity index (χ4v) is 2.95. The van der Waals surface area contributed by atoms with E-state index in [1.165, 1.54) is 22.9 Å². The summed E-state index contributed by atoms with van der Waals surface area (Å²) in [5, 5.41) is 10.3. The number of carbonyl (C=O) groups excluding carboxylic acids is 1. The minimum absolute atomic E-state index is 0.228. The van der Waals surface area contributed by atoms with Crippen LogP contribution in [0.2, 0.25) is 0 Å². The van der Waals surface area contributed by atoms with Crippen LogP contribution in [0.15, 0.2) is 72.8 Å². The fourth-order valence-electron chi connectivity index (χ4n) is 2.95. The van der Waals surface area contributed by atoms with Crippen LogP contribution in [-0.2, 0) is 0 Å². The molecule has 0 amide bonds. The van der Waals surface area contributed by atoms with Crippen LogP contribution >= 0.6 is 0 Å². The molecule has 1 aromatic heterocycles. The first-order chi connectivity index (χ1) is 13.1. The molecule has 0 saturated carbocycles. The summed E-state index contributed by atoms with van der Waals surface area (Å²) >= 11 is 0. The van der Waals surface area contributed by atoms with Crippen molar-refractivity contribution in [2.45, 2.75) is 6.92 Å². The van der Waals surface area contributed by atoms with Crippen molar-refractivity contribution in [1.82, 2.24) is 15.0 Å². The highest BCUT2D eigenvalue weighted by atomic mass is 19.1. The third-order valence-corrected chi connectivity index (χ3v) is 4.40. The van der Waals surface area contributed by atoms with Gasteiger partial charge in [-0.2, -0.15) is 0 Å². The van der Waals surface area contributed by atoms with Crippen LogP contribution in [0, 0.1) is 12.7 Å². The minimum atomic E-state index is -0.328. The van der Waals surface area contributed by atoms with E-state index in [1.54, 1.807) is 25.1 Å². The van der Waals surface area contributed by atoms with Gasteiger partial charge in [-0.1, -0.05) is 47.7 Å². The Balaban J connectivity index is 1.59. The maximum absolute atomic E-state index is 13.1. The van der Waals surface area contributed by atoms with Gasteiger partial charge in [0.15, 0.2) is 5.69 Å². The van der Waals surface area contributed by atoms with Gasteiger partial charge in [-0.05, 0) is 59.7 Å². The molecular formula is C22H16FN3O. The number of nitrogens with zero attached hydrogens (tertiary/aromatic N) is 3. The topological polar surface area (TPSA) is 47.8 Å². The summed E-state index contributed by atoms with van der Waals surface area (Å²) in [5.74, 6) is -0.555. The quantitative estimate of drug-likeness (QED) is 0.391. The summed E-state index contributed by atoms with van der Waals surface area (Å²) in [6, 6.07) is 20.0. The molecule has 4 aromatic rings. The number of hydrogen-bond donors (Lipinski definition) is 0. The smallest absolute Gasteiger partial charge is 0.208 e. The zero-order chi connectivity index (χ0) is 18.8. The molecular weight excluding hydrogens is 341 g/mol. The van der Waals surface area contributed by atoms with Crippen LogP contribution in [-0.4, -0.2) is 20.8 Å². The third-order valence-electron chi connectivity index (χ3n) is 4.40. The molecule has 0 fully saturated rings. The highest BCUT2D eigenvalue weighted by Gasteiger charge is 2.15. The number of ketones is 1. The summed E-state index contributed by atoms with van der Waals surface area (Å²) < 4.78 is 14.6. The third kappa shape index (κ3) is 3.40. The van der Waals surface area contributed by atoms with E-state index < -0.39 is 0 Å². The Hall–Kier alpha value is -3.60. The average molecular weight is 357 g/mol. The van der Waals surface area contributed by atoms with Gasteiger partial charge in [0.1, 0.15) is 5.82 Å². The lowest BCUT2D eigenvalue weighted by molar-refractivity contribution is 0.104. The van der Waals surface area contributed by atoms with Crippen molar-refractivity contribution in [2.75, 3.05) is 0 Å². The monoisotopic (exact) mass is 357 g/mol. The first-order valence-electron chi connectivity index (χ1n) is 8.51. The Morgan fingerprint density at radius 2 is 1.74 bits per heavy atom. The molecule has 5 heteroatoms. The van der Waals surface area contributed by atoms with Gasteiger partial charge < -0.3 is 0 Å². The first kappa shape index (κ1) is 16.8. The van der Waals surface area contributed by atoms with Gasteiger partial charge in [-0.15, -0.1) is 5.10 Å². The largest absolute Gasteiger partial charge is 0.287 e. The lowest BCUT2D eigenvalue weighted by Gasteiger charge is -2.02. The molecule has 132 valence electrons. The van der Waals surface area contributed by atoms with Gasteiger partial charge in [0, 0.05) is 0 Å². The molecule has 0 aliphatic rings. The van der Waals surface area contributed by atoms with Crippen molar-refractivity contribution >= 4 is 22.6 Å². The Kier molecular flexibility index (Phi) is 4.34. The number of benzene rings is 3. The second-order valence-corrected chi connectivity index (χ2v) is 6.22. The molecule has 0 aliphatic heterocycles. The first-order valence-corrected chi connectivity index (χ1v) is 8.51. The van der Waals surface area contributed by atoms with E-state index >= 15 is 0 Å². The number of rotatable bonds is 4. The lowest BCUT2D eigenvalue weighted by atomic mass is 10.1. The fraction of sp³-hybridized carbons (Fsp3) is 0.0455. The number of carbonyl (C=O) groups is 1. The van der Waals surface area contributed by atoms with Crippen molar-refractivity contribution in [1.29, 1.82) is 0 Å². The van der Waals surface area contributed by atoms with E-state index in [2.05, 4.69) is 10.3 Å². The Morgan fingerprint density at radius 1 is 1.00 bits per heavy atom. The number of halogens is 1. The normalized spacial score (nSPS) is 11.3. The van der Waals surface area contributed by atoms with E-state index in [1.807, 2.05) is 42.5 Å². The minimum Gasteiger partial charge on any atom is -0.287 e. The molecule has 0 unspecified atom stereocenters. The predicted molar refractivity (Wildman–Crippen MR) is 103 cm³/mol. The standard InChI is InChI=1S/C22H16FN3O/c1-15-22(24-25-26(15)20-11-9-19(23)10-12-20)21(27)13-7-16-6-8-17-4-2-3-5-18(17)14-16/h2-14H,1H3. The zero-order valence-electron chi connectivity index (χ0n) is 14.6. The molecule has 0 spiro atoms. The van der Waals surface area contributed by atoms with Gasteiger partial charge in [-0.3, -0.25) is 4.79 Å². The molecule has 1 heterocycles. The number of aromatic nitrogens is 3. The van der Waals surface area contributed by atoms with Crippen molar-refractivity contribution in [3.63, 3.8) is 0 Å². The SMILES string of the molecule is Cc1c(C(=O)C=Cc2ccc3ccccc3c2)nnn1-c1ccc(F)cc1. The lowest BCUT2D eigenvalue weighted by Crippen LogP contribution is -2.02. The molecule has 0 aliphatic carbocycles. The molecule has 0 radical (unpaired) electrons. The molecule has 0 bridgehead atoms. The van der Waals surface area contributed by atoms with Gasteiger partial charge >= 0.3 is 0 Å². The second kappa shape index (κ2) is 6.96. The van der Waals surface area contributed by atoms with Crippen LogP contribution in [0.5, 0.6) is 0 Å². The maximum atomic E-state index is 13.1.